The monoisotopic (exact) mass is 271 g/mol. The van der Waals surface area contributed by atoms with Crippen molar-refractivity contribution in [3.63, 3.8) is 0 Å². The molecule has 0 atom stereocenters. The summed E-state index contributed by atoms with van der Waals surface area (Å²) in [6, 6.07) is 3.56. The van der Waals surface area contributed by atoms with Gasteiger partial charge in [-0.2, -0.15) is 0 Å². The lowest BCUT2D eigenvalue weighted by atomic mass is 9.88. The van der Waals surface area contributed by atoms with Crippen LogP contribution in [0.25, 0.3) is 0 Å². The summed E-state index contributed by atoms with van der Waals surface area (Å²) in [6.45, 7) is 6.87. The zero-order valence-electron chi connectivity index (χ0n) is 11.4. The smallest absolute Gasteiger partial charge is 0.287 e. The summed E-state index contributed by atoms with van der Waals surface area (Å²) in [5, 5.41) is 2.91. The SMILES string of the molecule is CCc1ccc(C(=O)NCC(C)(C)CCCCl)o1. The third-order valence-electron chi connectivity index (χ3n) is 2.95. The molecular weight excluding hydrogens is 250 g/mol. The van der Waals surface area contributed by atoms with Crippen LogP contribution in [-0.2, 0) is 6.42 Å². The first-order valence-electron chi connectivity index (χ1n) is 6.41. The Labute approximate surface area is 114 Å². The lowest BCUT2D eigenvalue weighted by Crippen LogP contribution is -2.33. The summed E-state index contributed by atoms with van der Waals surface area (Å²) in [5.41, 5.74) is 0.0602. The fourth-order valence-electron chi connectivity index (χ4n) is 1.73. The Morgan fingerprint density at radius 2 is 2.17 bits per heavy atom. The van der Waals surface area contributed by atoms with Crippen LogP contribution >= 0.6 is 11.6 Å². The van der Waals surface area contributed by atoms with Crippen LogP contribution in [0, 0.1) is 5.41 Å². The zero-order valence-corrected chi connectivity index (χ0v) is 12.1. The van der Waals surface area contributed by atoms with Gasteiger partial charge in [0.2, 0.25) is 0 Å². The van der Waals surface area contributed by atoms with Crippen LogP contribution in [-0.4, -0.2) is 18.3 Å². The quantitative estimate of drug-likeness (QED) is 0.770. The molecule has 0 spiro atoms. The van der Waals surface area contributed by atoms with Crippen LogP contribution in [0.4, 0.5) is 0 Å². The molecule has 0 aromatic carbocycles. The Morgan fingerprint density at radius 3 is 2.72 bits per heavy atom. The van der Waals surface area contributed by atoms with Gasteiger partial charge in [-0.05, 0) is 30.4 Å². The predicted octanol–water partition coefficient (Wildman–Crippen LogP) is 3.62. The number of aryl methyl sites for hydroxylation is 1. The highest BCUT2D eigenvalue weighted by Gasteiger charge is 2.19. The maximum Gasteiger partial charge on any atom is 0.287 e. The second-order valence-electron chi connectivity index (χ2n) is 5.26. The molecular formula is C14H22ClNO2. The van der Waals surface area contributed by atoms with Gasteiger partial charge >= 0.3 is 0 Å². The Bertz CT molecular complexity index is 385. The molecule has 1 aromatic rings. The minimum Gasteiger partial charge on any atom is -0.456 e. The molecule has 0 aliphatic heterocycles. The van der Waals surface area contributed by atoms with Gasteiger partial charge in [-0.25, -0.2) is 0 Å². The Balaban J connectivity index is 2.45. The normalized spacial score (nSPS) is 11.6. The lowest BCUT2D eigenvalue weighted by molar-refractivity contribution is 0.0905. The molecule has 0 unspecified atom stereocenters. The highest BCUT2D eigenvalue weighted by Crippen LogP contribution is 2.21. The van der Waals surface area contributed by atoms with Crippen molar-refractivity contribution in [2.45, 2.75) is 40.0 Å². The van der Waals surface area contributed by atoms with Gasteiger partial charge in [0.05, 0.1) is 0 Å². The van der Waals surface area contributed by atoms with E-state index in [-0.39, 0.29) is 11.3 Å². The first kappa shape index (κ1) is 15.1. The average Bonchev–Trinajstić information content (AvgIpc) is 2.82. The van der Waals surface area contributed by atoms with Crippen molar-refractivity contribution in [2.75, 3.05) is 12.4 Å². The van der Waals surface area contributed by atoms with Gasteiger partial charge in [-0.15, -0.1) is 11.6 Å². The molecule has 1 rings (SSSR count). The van der Waals surface area contributed by atoms with Gasteiger partial charge < -0.3 is 9.73 Å². The molecule has 0 saturated carbocycles. The lowest BCUT2D eigenvalue weighted by Gasteiger charge is -2.24. The van der Waals surface area contributed by atoms with Gasteiger partial charge in [0.25, 0.3) is 5.91 Å². The van der Waals surface area contributed by atoms with Gasteiger partial charge in [0.15, 0.2) is 5.76 Å². The third kappa shape index (κ3) is 4.73. The van der Waals surface area contributed by atoms with E-state index in [0.717, 1.165) is 25.0 Å². The number of carbonyl (C=O) groups is 1. The van der Waals surface area contributed by atoms with Crippen LogP contribution in [0.5, 0.6) is 0 Å². The number of amides is 1. The molecule has 1 aromatic heterocycles. The van der Waals surface area contributed by atoms with Crippen LogP contribution in [0.2, 0.25) is 0 Å². The summed E-state index contributed by atoms with van der Waals surface area (Å²) in [5.74, 6) is 1.74. The number of hydrogen-bond donors (Lipinski definition) is 1. The zero-order chi connectivity index (χ0) is 13.6. The standard InChI is InChI=1S/C14H22ClNO2/c1-4-11-6-7-12(18-11)13(17)16-10-14(2,3)8-5-9-15/h6-7H,4-5,8-10H2,1-3H3,(H,16,17). The van der Waals surface area contributed by atoms with Crippen molar-refractivity contribution in [2.24, 2.45) is 5.41 Å². The number of rotatable bonds is 7. The summed E-state index contributed by atoms with van der Waals surface area (Å²) in [4.78, 5) is 11.9. The molecule has 4 heteroatoms. The van der Waals surface area contributed by atoms with Crippen molar-refractivity contribution in [3.05, 3.63) is 23.7 Å². The minimum absolute atomic E-state index is 0.0602. The van der Waals surface area contributed by atoms with Crippen LogP contribution in [0.1, 0.15) is 49.9 Å². The molecule has 0 fully saturated rings. The van der Waals surface area contributed by atoms with Crippen molar-refractivity contribution >= 4 is 17.5 Å². The highest BCUT2D eigenvalue weighted by molar-refractivity contribution is 6.17. The van der Waals surface area contributed by atoms with E-state index < -0.39 is 0 Å². The second-order valence-corrected chi connectivity index (χ2v) is 5.64. The number of carbonyl (C=O) groups excluding carboxylic acids is 1. The molecule has 1 amide bonds. The molecule has 0 aliphatic carbocycles. The van der Waals surface area contributed by atoms with E-state index in [4.69, 9.17) is 16.0 Å². The average molecular weight is 272 g/mol. The fourth-order valence-corrected chi connectivity index (χ4v) is 1.86. The molecule has 3 nitrogen and oxygen atoms in total. The minimum atomic E-state index is -0.145. The molecule has 18 heavy (non-hydrogen) atoms. The number of halogens is 1. The van der Waals surface area contributed by atoms with Gasteiger partial charge in [0, 0.05) is 18.8 Å². The number of alkyl halides is 1. The van der Waals surface area contributed by atoms with Crippen LogP contribution < -0.4 is 5.32 Å². The number of hydrogen-bond acceptors (Lipinski definition) is 2. The van der Waals surface area contributed by atoms with Gasteiger partial charge in [-0.3, -0.25) is 4.79 Å². The Hall–Kier alpha value is -0.960. The van der Waals surface area contributed by atoms with E-state index >= 15 is 0 Å². The first-order chi connectivity index (χ1) is 8.48. The fraction of sp³-hybridized carbons (Fsp3) is 0.643. The topological polar surface area (TPSA) is 42.2 Å². The van der Waals surface area contributed by atoms with Crippen molar-refractivity contribution in [1.82, 2.24) is 5.32 Å². The van der Waals surface area contributed by atoms with E-state index in [1.165, 1.54) is 0 Å². The second kappa shape index (κ2) is 6.83. The summed E-state index contributed by atoms with van der Waals surface area (Å²) in [6.07, 6.45) is 2.76. The van der Waals surface area contributed by atoms with Crippen LogP contribution in [0.3, 0.4) is 0 Å². The summed E-state index contributed by atoms with van der Waals surface area (Å²) in [7, 11) is 0. The van der Waals surface area contributed by atoms with Crippen LogP contribution in [0.15, 0.2) is 16.5 Å². The Morgan fingerprint density at radius 1 is 1.44 bits per heavy atom. The summed E-state index contributed by atoms with van der Waals surface area (Å²) < 4.78 is 5.41. The Kier molecular flexibility index (Phi) is 5.73. The largest absolute Gasteiger partial charge is 0.456 e. The van der Waals surface area contributed by atoms with E-state index in [1.807, 2.05) is 13.0 Å². The van der Waals surface area contributed by atoms with Crippen molar-refractivity contribution < 1.29 is 9.21 Å². The summed E-state index contributed by atoms with van der Waals surface area (Å²) >= 11 is 5.68. The van der Waals surface area contributed by atoms with Gasteiger partial charge in [0.1, 0.15) is 5.76 Å². The predicted molar refractivity (Wildman–Crippen MR) is 74.2 cm³/mol. The molecule has 0 bridgehead atoms. The first-order valence-corrected chi connectivity index (χ1v) is 6.95. The third-order valence-corrected chi connectivity index (χ3v) is 3.22. The molecule has 0 radical (unpaired) electrons. The van der Waals surface area contributed by atoms with E-state index in [2.05, 4.69) is 19.2 Å². The molecule has 1 heterocycles. The molecule has 1 N–H and O–H groups in total. The molecule has 0 aliphatic rings. The number of nitrogens with one attached hydrogen (secondary N) is 1. The molecule has 102 valence electrons. The molecule has 0 saturated heterocycles. The van der Waals surface area contributed by atoms with Crippen molar-refractivity contribution in [3.8, 4) is 0 Å². The maximum absolute atomic E-state index is 11.9. The number of furan rings is 1. The maximum atomic E-state index is 11.9. The van der Waals surface area contributed by atoms with Crippen molar-refractivity contribution in [1.29, 1.82) is 0 Å². The van der Waals surface area contributed by atoms with E-state index in [9.17, 15) is 4.79 Å². The van der Waals surface area contributed by atoms with Gasteiger partial charge in [-0.1, -0.05) is 20.8 Å². The van der Waals surface area contributed by atoms with E-state index in [0.29, 0.717) is 18.2 Å². The highest BCUT2D eigenvalue weighted by atomic mass is 35.5. The van der Waals surface area contributed by atoms with E-state index in [1.54, 1.807) is 6.07 Å².